The van der Waals surface area contributed by atoms with Crippen LogP contribution in [-0.4, -0.2) is 35.5 Å². The molecule has 0 spiro atoms. The molecule has 1 aromatic heterocycles. The minimum Gasteiger partial charge on any atom is -0.356 e. The lowest BCUT2D eigenvalue weighted by Gasteiger charge is -2.17. The molecule has 0 saturated heterocycles. The van der Waals surface area contributed by atoms with Crippen LogP contribution in [0.1, 0.15) is 16.8 Å². The molecule has 0 bridgehead atoms. The molecule has 2 aromatic carbocycles. The smallest absolute Gasteiger partial charge is 0.243 e. The molecule has 6 heteroatoms. The van der Waals surface area contributed by atoms with E-state index in [-0.39, 0.29) is 24.8 Å². The quantitative estimate of drug-likeness (QED) is 0.766. The van der Waals surface area contributed by atoms with Gasteiger partial charge >= 0.3 is 0 Å². The van der Waals surface area contributed by atoms with Gasteiger partial charge in [0.05, 0.1) is 13.0 Å². The second kappa shape index (κ2) is 7.39. The van der Waals surface area contributed by atoms with E-state index in [0.717, 1.165) is 22.2 Å². The average Bonchev–Trinajstić information content (AvgIpc) is 3.02. The fourth-order valence-electron chi connectivity index (χ4n) is 2.72. The van der Waals surface area contributed by atoms with Gasteiger partial charge in [-0.3, -0.25) is 9.59 Å². The number of carbonyl (C=O) groups is 2. The van der Waals surface area contributed by atoms with Crippen LogP contribution in [0.4, 0.5) is 5.69 Å². The monoisotopic (exact) mass is 351 g/mol. The van der Waals surface area contributed by atoms with E-state index in [9.17, 15) is 9.59 Å². The SMILES string of the molecule is Cc1cccc(NC(=O)CN(C)C(=O)Cc2noc3ccccc23)c1C. The third kappa shape index (κ3) is 3.74. The highest BCUT2D eigenvalue weighted by molar-refractivity contribution is 5.95. The Bertz CT molecular complexity index is 962. The van der Waals surface area contributed by atoms with E-state index in [4.69, 9.17) is 4.52 Å². The van der Waals surface area contributed by atoms with Crippen LogP contribution in [0.5, 0.6) is 0 Å². The molecule has 0 aliphatic heterocycles. The maximum atomic E-state index is 12.4. The Morgan fingerprint density at radius 3 is 2.69 bits per heavy atom. The number of anilines is 1. The zero-order valence-electron chi connectivity index (χ0n) is 15.1. The summed E-state index contributed by atoms with van der Waals surface area (Å²) in [4.78, 5) is 26.1. The standard InChI is InChI=1S/C20H21N3O3/c1-13-7-6-9-16(14(13)2)21-19(24)12-23(3)20(25)11-17-15-8-4-5-10-18(15)26-22-17/h4-10H,11-12H2,1-3H3,(H,21,24). The fraction of sp³-hybridized carbons (Fsp3) is 0.250. The number of carbonyl (C=O) groups excluding carboxylic acids is 2. The second-order valence-corrected chi connectivity index (χ2v) is 6.35. The van der Waals surface area contributed by atoms with Gasteiger partial charge in [0.1, 0.15) is 5.69 Å². The van der Waals surface area contributed by atoms with Gasteiger partial charge in [-0.1, -0.05) is 29.4 Å². The fourth-order valence-corrected chi connectivity index (χ4v) is 2.72. The number of nitrogens with one attached hydrogen (secondary N) is 1. The molecule has 26 heavy (non-hydrogen) atoms. The molecule has 1 N–H and O–H groups in total. The molecule has 3 rings (SSSR count). The maximum Gasteiger partial charge on any atom is 0.243 e. The molecule has 6 nitrogen and oxygen atoms in total. The normalized spacial score (nSPS) is 10.7. The Balaban J connectivity index is 1.62. The van der Waals surface area contributed by atoms with Crippen LogP contribution in [-0.2, 0) is 16.0 Å². The number of aryl methyl sites for hydroxylation is 1. The number of fused-ring (bicyclic) bond motifs is 1. The Hall–Kier alpha value is -3.15. The van der Waals surface area contributed by atoms with Crippen LogP contribution in [0.2, 0.25) is 0 Å². The van der Waals surface area contributed by atoms with Crippen LogP contribution in [0.15, 0.2) is 47.0 Å². The molecule has 0 unspecified atom stereocenters. The van der Waals surface area contributed by atoms with Gasteiger partial charge in [0, 0.05) is 18.1 Å². The minimum atomic E-state index is -0.237. The molecule has 0 atom stereocenters. The second-order valence-electron chi connectivity index (χ2n) is 6.35. The van der Waals surface area contributed by atoms with Crippen molar-refractivity contribution in [3.8, 4) is 0 Å². The number of nitrogens with zero attached hydrogens (tertiary/aromatic N) is 2. The predicted molar refractivity (Wildman–Crippen MR) is 99.9 cm³/mol. The zero-order valence-corrected chi connectivity index (χ0v) is 15.1. The highest BCUT2D eigenvalue weighted by atomic mass is 16.5. The minimum absolute atomic E-state index is 0.0258. The summed E-state index contributed by atoms with van der Waals surface area (Å²) >= 11 is 0. The first-order valence-corrected chi connectivity index (χ1v) is 8.39. The molecule has 0 fully saturated rings. The van der Waals surface area contributed by atoms with Crippen molar-refractivity contribution in [3.63, 3.8) is 0 Å². The average molecular weight is 351 g/mol. The lowest BCUT2D eigenvalue weighted by atomic mass is 10.1. The summed E-state index contributed by atoms with van der Waals surface area (Å²) in [7, 11) is 1.60. The Morgan fingerprint density at radius 2 is 1.88 bits per heavy atom. The highest BCUT2D eigenvalue weighted by Gasteiger charge is 2.17. The first-order valence-electron chi connectivity index (χ1n) is 8.39. The Labute approximate surface area is 151 Å². The van der Waals surface area contributed by atoms with Gasteiger partial charge in [-0.15, -0.1) is 0 Å². The van der Waals surface area contributed by atoms with Crippen LogP contribution in [0, 0.1) is 13.8 Å². The van der Waals surface area contributed by atoms with Crippen molar-refractivity contribution in [1.29, 1.82) is 0 Å². The van der Waals surface area contributed by atoms with Gasteiger partial charge in [0.25, 0.3) is 0 Å². The number of benzene rings is 2. The predicted octanol–water partition coefficient (Wildman–Crippen LogP) is 3.08. The summed E-state index contributed by atoms with van der Waals surface area (Å²) in [6, 6.07) is 13.1. The van der Waals surface area contributed by atoms with E-state index in [1.807, 2.05) is 50.2 Å². The van der Waals surface area contributed by atoms with Crippen molar-refractivity contribution in [2.24, 2.45) is 0 Å². The lowest BCUT2D eigenvalue weighted by Crippen LogP contribution is -2.36. The molecule has 0 aliphatic rings. The number of aromatic nitrogens is 1. The van der Waals surface area contributed by atoms with Gasteiger partial charge in [-0.25, -0.2) is 0 Å². The van der Waals surface area contributed by atoms with Gasteiger partial charge in [-0.05, 0) is 43.2 Å². The van der Waals surface area contributed by atoms with Crippen LogP contribution in [0.25, 0.3) is 11.0 Å². The number of rotatable bonds is 5. The zero-order chi connectivity index (χ0) is 18.7. The van der Waals surface area contributed by atoms with E-state index in [0.29, 0.717) is 11.3 Å². The molecule has 0 aliphatic carbocycles. The Kier molecular flexibility index (Phi) is 5.02. The van der Waals surface area contributed by atoms with E-state index in [2.05, 4.69) is 10.5 Å². The Morgan fingerprint density at radius 1 is 1.12 bits per heavy atom. The van der Waals surface area contributed by atoms with Gasteiger partial charge in [0.15, 0.2) is 5.58 Å². The number of hydrogen-bond donors (Lipinski definition) is 1. The molecule has 0 saturated carbocycles. The van der Waals surface area contributed by atoms with Crippen LogP contribution >= 0.6 is 0 Å². The van der Waals surface area contributed by atoms with Crippen molar-refractivity contribution in [2.75, 3.05) is 18.9 Å². The first-order chi connectivity index (χ1) is 12.5. The summed E-state index contributed by atoms with van der Waals surface area (Å²) in [6.07, 6.45) is 0.0876. The molecule has 1 heterocycles. The van der Waals surface area contributed by atoms with Gasteiger partial charge in [0.2, 0.25) is 11.8 Å². The highest BCUT2D eigenvalue weighted by Crippen LogP contribution is 2.19. The van der Waals surface area contributed by atoms with E-state index in [1.165, 1.54) is 4.90 Å². The molecule has 3 aromatic rings. The summed E-state index contributed by atoms with van der Waals surface area (Å²) in [5.41, 5.74) is 4.10. The molecular formula is C20H21N3O3. The topological polar surface area (TPSA) is 75.4 Å². The van der Waals surface area contributed by atoms with Crippen molar-refractivity contribution < 1.29 is 14.1 Å². The van der Waals surface area contributed by atoms with Crippen molar-refractivity contribution in [1.82, 2.24) is 10.1 Å². The molecule has 0 radical (unpaired) electrons. The van der Waals surface area contributed by atoms with Crippen molar-refractivity contribution in [3.05, 3.63) is 59.3 Å². The van der Waals surface area contributed by atoms with E-state index < -0.39 is 0 Å². The van der Waals surface area contributed by atoms with E-state index >= 15 is 0 Å². The van der Waals surface area contributed by atoms with E-state index in [1.54, 1.807) is 13.1 Å². The molecule has 2 amide bonds. The summed E-state index contributed by atoms with van der Waals surface area (Å²) in [5.74, 6) is -0.431. The van der Waals surface area contributed by atoms with Crippen molar-refractivity contribution in [2.45, 2.75) is 20.3 Å². The number of para-hydroxylation sites is 1. The third-order valence-electron chi connectivity index (χ3n) is 4.46. The lowest BCUT2D eigenvalue weighted by molar-refractivity contribution is -0.132. The van der Waals surface area contributed by atoms with Gasteiger partial charge in [-0.2, -0.15) is 0 Å². The summed E-state index contributed by atoms with van der Waals surface area (Å²) in [5, 5.41) is 7.64. The first kappa shape index (κ1) is 17.7. The molecule has 134 valence electrons. The maximum absolute atomic E-state index is 12.4. The molecular weight excluding hydrogens is 330 g/mol. The van der Waals surface area contributed by atoms with Crippen LogP contribution in [0.3, 0.4) is 0 Å². The van der Waals surface area contributed by atoms with Gasteiger partial charge < -0.3 is 14.7 Å². The largest absolute Gasteiger partial charge is 0.356 e. The third-order valence-corrected chi connectivity index (χ3v) is 4.46. The number of likely N-dealkylation sites (N-methyl/N-ethyl adjacent to an activating group) is 1. The van der Waals surface area contributed by atoms with Crippen molar-refractivity contribution >= 4 is 28.5 Å². The number of amides is 2. The summed E-state index contributed by atoms with van der Waals surface area (Å²) < 4.78 is 5.21. The van der Waals surface area contributed by atoms with Crippen LogP contribution < -0.4 is 5.32 Å². The summed E-state index contributed by atoms with van der Waals surface area (Å²) in [6.45, 7) is 3.92. The number of hydrogen-bond acceptors (Lipinski definition) is 4.